The molecular formula is C20H26O. The zero-order valence-electron chi connectivity index (χ0n) is 12.9. The summed E-state index contributed by atoms with van der Waals surface area (Å²) in [6.07, 6.45) is 11.3. The van der Waals surface area contributed by atoms with Gasteiger partial charge in [0.25, 0.3) is 0 Å². The zero-order valence-corrected chi connectivity index (χ0v) is 12.9. The van der Waals surface area contributed by atoms with Gasteiger partial charge in [-0.25, -0.2) is 0 Å². The molecule has 0 aliphatic heterocycles. The standard InChI is InChI=1S/C20H26O/c21-20(13-18-12-16-7-3-4-8-19(16)18)17-10-9-14-5-1-2-6-15(14)11-17/h3-4,7-8,14-15,17-18H,1-2,5-6,9-13H2. The number of fused-ring (bicyclic) bond motifs is 2. The first-order valence-electron chi connectivity index (χ1n) is 8.92. The SMILES string of the molecule is O=C(CC1Cc2ccccc21)C1CCC2CCCCC2C1. The van der Waals surface area contributed by atoms with Gasteiger partial charge in [0.15, 0.2) is 0 Å². The minimum atomic E-state index is 0.386. The number of hydrogen-bond donors (Lipinski definition) is 0. The highest BCUT2D eigenvalue weighted by Gasteiger charge is 2.36. The van der Waals surface area contributed by atoms with E-state index in [1.165, 1.54) is 56.1 Å². The first-order chi connectivity index (χ1) is 10.3. The van der Waals surface area contributed by atoms with Crippen LogP contribution in [0.25, 0.3) is 0 Å². The number of carbonyl (C=O) groups excluding carboxylic acids is 1. The fourth-order valence-corrected chi connectivity index (χ4v) is 5.12. The Labute approximate surface area is 128 Å². The molecule has 1 heteroatoms. The van der Waals surface area contributed by atoms with Crippen molar-refractivity contribution >= 4 is 5.78 Å². The van der Waals surface area contributed by atoms with Crippen LogP contribution in [0.3, 0.4) is 0 Å². The van der Waals surface area contributed by atoms with E-state index in [2.05, 4.69) is 24.3 Å². The highest BCUT2D eigenvalue weighted by molar-refractivity contribution is 5.82. The van der Waals surface area contributed by atoms with Gasteiger partial charge in [-0.15, -0.1) is 0 Å². The molecule has 4 atom stereocenters. The highest BCUT2D eigenvalue weighted by Crippen LogP contribution is 2.44. The molecule has 3 aliphatic carbocycles. The smallest absolute Gasteiger partial charge is 0.136 e. The monoisotopic (exact) mass is 282 g/mol. The highest BCUT2D eigenvalue weighted by atomic mass is 16.1. The van der Waals surface area contributed by atoms with Crippen LogP contribution in [-0.2, 0) is 11.2 Å². The Kier molecular flexibility index (Phi) is 3.61. The summed E-state index contributed by atoms with van der Waals surface area (Å²) in [5.41, 5.74) is 2.91. The predicted molar refractivity (Wildman–Crippen MR) is 85.3 cm³/mol. The van der Waals surface area contributed by atoms with Crippen LogP contribution in [0.1, 0.15) is 68.4 Å². The van der Waals surface area contributed by atoms with E-state index < -0.39 is 0 Å². The summed E-state index contributed by atoms with van der Waals surface area (Å²) in [6, 6.07) is 8.66. The van der Waals surface area contributed by atoms with Gasteiger partial charge in [-0.3, -0.25) is 4.79 Å². The van der Waals surface area contributed by atoms with Crippen molar-refractivity contribution in [3.63, 3.8) is 0 Å². The molecule has 112 valence electrons. The molecule has 0 heterocycles. The number of hydrogen-bond acceptors (Lipinski definition) is 1. The van der Waals surface area contributed by atoms with Gasteiger partial charge < -0.3 is 0 Å². The van der Waals surface area contributed by atoms with Gasteiger partial charge in [-0.1, -0.05) is 49.9 Å². The lowest BCUT2D eigenvalue weighted by atomic mass is 9.65. The van der Waals surface area contributed by atoms with Crippen molar-refractivity contribution in [2.45, 2.75) is 63.7 Å². The first-order valence-corrected chi connectivity index (χ1v) is 8.92. The van der Waals surface area contributed by atoms with E-state index >= 15 is 0 Å². The number of benzene rings is 1. The molecule has 2 fully saturated rings. The molecule has 0 N–H and O–H groups in total. The topological polar surface area (TPSA) is 17.1 Å². The fourth-order valence-electron chi connectivity index (χ4n) is 5.12. The molecule has 0 radical (unpaired) electrons. The largest absolute Gasteiger partial charge is 0.299 e. The van der Waals surface area contributed by atoms with Crippen molar-refractivity contribution in [2.24, 2.45) is 17.8 Å². The zero-order chi connectivity index (χ0) is 14.2. The summed E-state index contributed by atoms with van der Waals surface area (Å²) in [6.45, 7) is 0. The molecule has 0 aromatic heterocycles. The van der Waals surface area contributed by atoms with E-state index in [9.17, 15) is 4.79 Å². The van der Waals surface area contributed by atoms with Gasteiger partial charge in [0.2, 0.25) is 0 Å². The maximum Gasteiger partial charge on any atom is 0.136 e. The third-order valence-electron chi connectivity index (χ3n) is 6.40. The van der Waals surface area contributed by atoms with Crippen LogP contribution in [0, 0.1) is 17.8 Å². The molecule has 0 saturated heterocycles. The van der Waals surface area contributed by atoms with E-state index in [0.717, 1.165) is 24.7 Å². The van der Waals surface area contributed by atoms with Crippen molar-refractivity contribution in [1.82, 2.24) is 0 Å². The Bertz CT molecular complexity index is 532. The van der Waals surface area contributed by atoms with Crippen LogP contribution in [0.5, 0.6) is 0 Å². The maximum atomic E-state index is 12.7. The van der Waals surface area contributed by atoms with Gasteiger partial charge >= 0.3 is 0 Å². The second-order valence-corrected chi connectivity index (χ2v) is 7.58. The minimum absolute atomic E-state index is 0.386. The number of Topliss-reactive ketones (excluding diaryl/α,β-unsaturated/α-hetero) is 1. The van der Waals surface area contributed by atoms with E-state index in [1.807, 2.05) is 0 Å². The molecule has 2 saturated carbocycles. The third-order valence-corrected chi connectivity index (χ3v) is 6.40. The van der Waals surface area contributed by atoms with Crippen LogP contribution in [0.4, 0.5) is 0 Å². The number of rotatable bonds is 3. The van der Waals surface area contributed by atoms with Crippen molar-refractivity contribution < 1.29 is 4.79 Å². The van der Waals surface area contributed by atoms with Crippen molar-refractivity contribution in [1.29, 1.82) is 0 Å². The number of carbonyl (C=O) groups is 1. The summed E-state index contributed by atoms with van der Waals surface area (Å²) in [5.74, 6) is 3.30. The van der Waals surface area contributed by atoms with E-state index in [0.29, 0.717) is 17.6 Å². The van der Waals surface area contributed by atoms with Gasteiger partial charge in [-0.05, 0) is 54.6 Å². The Morgan fingerprint density at radius 3 is 2.67 bits per heavy atom. The predicted octanol–water partition coefficient (Wildman–Crippen LogP) is 4.89. The molecule has 1 aromatic rings. The summed E-state index contributed by atoms with van der Waals surface area (Å²) >= 11 is 0. The second-order valence-electron chi connectivity index (χ2n) is 7.58. The average molecular weight is 282 g/mol. The van der Waals surface area contributed by atoms with Crippen molar-refractivity contribution in [3.05, 3.63) is 35.4 Å². The lowest BCUT2D eigenvalue weighted by Crippen LogP contribution is -2.32. The number of ketones is 1. The lowest BCUT2D eigenvalue weighted by molar-refractivity contribution is -0.125. The summed E-state index contributed by atoms with van der Waals surface area (Å²) in [4.78, 5) is 12.7. The van der Waals surface area contributed by atoms with E-state index in [4.69, 9.17) is 0 Å². The molecule has 4 rings (SSSR count). The minimum Gasteiger partial charge on any atom is -0.299 e. The molecule has 3 aliphatic rings. The van der Waals surface area contributed by atoms with Crippen LogP contribution in [0.15, 0.2) is 24.3 Å². The fraction of sp³-hybridized carbons (Fsp3) is 0.650. The summed E-state index contributed by atoms with van der Waals surface area (Å²) in [5, 5.41) is 0. The molecule has 0 spiro atoms. The molecule has 0 bridgehead atoms. The van der Waals surface area contributed by atoms with Crippen molar-refractivity contribution in [3.8, 4) is 0 Å². The van der Waals surface area contributed by atoms with Gasteiger partial charge in [0.05, 0.1) is 0 Å². The Morgan fingerprint density at radius 1 is 1.00 bits per heavy atom. The quantitative estimate of drug-likeness (QED) is 0.771. The van der Waals surface area contributed by atoms with E-state index in [1.54, 1.807) is 0 Å². The van der Waals surface area contributed by atoms with Crippen LogP contribution >= 0.6 is 0 Å². The summed E-state index contributed by atoms with van der Waals surface area (Å²) in [7, 11) is 0. The van der Waals surface area contributed by atoms with E-state index in [-0.39, 0.29) is 0 Å². The van der Waals surface area contributed by atoms with Gasteiger partial charge in [0.1, 0.15) is 5.78 Å². The molecule has 1 aromatic carbocycles. The van der Waals surface area contributed by atoms with Gasteiger partial charge in [-0.2, -0.15) is 0 Å². The molecule has 21 heavy (non-hydrogen) atoms. The average Bonchev–Trinajstić information content (AvgIpc) is 2.52. The Hall–Kier alpha value is -1.11. The first kappa shape index (κ1) is 13.5. The molecule has 4 unspecified atom stereocenters. The molecule has 0 amide bonds. The second kappa shape index (κ2) is 5.59. The van der Waals surface area contributed by atoms with Crippen molar-refractivity contribution in [2.75, 3.05) is 0 Å². The normalized spacial score (nSPS) is 34.5. The van der Waals surface area contributed by atoms with Gasteiger partial charge in [0, 0.05) is 12.3 Å². The van der Waals surface area contributed by atoms with Crippen LogP contribution < -0.4 is 0 Å². The Balaban J connectivity index is 1.36. The lowest BCUT2D eigenvalue weighted by Gasteiger charge is -2.39. The summed E-state index contributed by atoms with van der Waals surface area (Å²) < 4.78 is 0. The molecular weight excluding hydrogens is 256 g/mol. The van der Waals surface area contributed by atoms with Crippen LogP contribution in [0.2, 0.25) is 0 Å². The van der Waals surface area contributed by atoms with Crippen LogP contribution in [-0.4, -0.2) is 5.78 Å². The molecule has 1 nitrogen and oxygen atoms in total. The Morgan fingerprint density at radius 2 is 1.81 bits per heavy atom. The third kappa shape index (κ3) is 2.56. The maximum absolute atomic E-state index is 12.7.